The van der Waals surface area contributed by atoms with Gasteiger partial charge < -0.3 is 15.0 Å². The topological polar surface area (TPSA) is 213 Å². The summed E-state index contributed by atoms with van der Waals surface area (Å²) >= 11 is 0.559. The number of amides is 2. The highest BCUT2D eigenvalue weighted by molar-refractivity contribution is 7.94. The Kier molecular flexibility index (Phi) is 6.54. The second-order valence-corrected chi connectivity index (χ2v) is 8.82. The first-order chi connectivity index (χ1) is 14.9. The molecule has 0 radical (unpaired) electrons. The van der Waals surface area contributed by atoms with Gasteiger partial charge in [0.05, 0.1) is 41.0 Å². The normalized spacial score (nSPS) is 16.7. The van der Waals surface area contributed by atoms with Gasteiger partial charge in [-0.05, 0) is 18.6 Å². The van der Waals surface area contributed by atoms with Gasteiger partial charge in [-0.15, -0.1) is 9.40 Å². The Hall–Kier alpha value is -3.02. The average Bonchev–Trinajstić information content (AvgIpc) is 2.98. The molecule has 1 aromatic heterocycles. The Labute approximate surface area is 182 Å². The second kappa shape index (κ2) is 8.85. The molecule has 2 heterocycles. The predicted molar refractivity (Wildman–Crippen MR) is 104 cm³/mol. The molecule has 14 nitrogen and oxygen atoms in total. The van der Waals surface area contributed by atoms with Gasteiger partial charge in [-0.2, -0.15) is 8.42 Å². The molecule has 0 aliphatic carbocycles. The van der Waals surface area contributed by atoms with E-state index in [1.54, 1.807) is 0 Å². The van der Waals surface area contributed by atoms with Gasteiger partial charge in [0.25, 0.3) is 21.9 Å². The number of nitrogen functional groups attached to an aromatic ring is 1. The molecule has 172 valence electrons. The molecule has 16 heteroatoms. The quantitative estimate of drug-likeness (QED) is 0.0895. The van der Waals surface area contributed by atoms with Crippen molar-refractivity contribution in [1.82, 2.24) is 5.06 Å². The maximum Gasteiger partial charge on any atom is 0.340 e. The molecule has 3 rings (SSSR count). The van der Waals surface area contributed by atoms with E-state index in [1.165, 1.54) is 19.1 Å². The van der Waals surface area contributed by atoms with Gasteiger partial charge in [0.1, 0.15) is 5.58 Å². The van der Waals surface area contributed by atoms with E-state index in [9.17, 15) is 27.6 Å². The highest BCUT2D eigenvalue weighted by Crippen LogP contribution is 2.32. The fraction of sp³-hybridized carbons (Fsp3) is 0.250. The van der Waals surface area contributed by atoms with Crippen LogP contribution < -0.4 is 11.4 Å². The molecule has 1 aliphatic rings. The molecule has 1 aromatic carbocycles. The first kappa shape index (κ1) is 23.6. The van der Waals surface area contributed by atoms with Gasteiger partial charge in [0.15, 0.2) is 5.25 Å². The van der Waals surface area contributed by atoms with Crippen LogP contribution in [0.2, 0.25) is 0 Å². The SMILES string of the molecule is Cc1c(CC(=O)ON2C(=O)CC(S(=O)(=O)O)C2=O)c(=O)oc2cc(N)c(SOOO)cc12. The van der Waals surface area contributed by atoms with E-state index in [1.807, 2.05) is 0 Å². The van der Waals surface area contributed by atoms with E-state index in [4.69, 9.17) is 20.0 Å². The van der Waals surface area contributed by atoms with E-state index in [0.717, 1.165) is 0 Å². The number of anilines is 1. The zero-order chi connectivity index (χ0) is 23.8. The highest BCUT2D eigenvalue weighted by atomic mass is 32.2. The number of benzene rings is 1. The molecular formula is C16H14N2O12S2. The van der Waals surface area contributed by atoms with E-state index < -0.39 is 51.6 Å². The standard InChI is InChI=1S/C16H14N2O12S2/c1-6-7-2-11(31-30-29-23)9(17)4-10(7)27-16(22)8(6)3-14(20)28-18-13(19)5-12(15(18)21)32(24,25)26/h2,4,12,23H,3,5,17H2,1H3,(H,24,25,26). The van der Waals surface area contributed by atoms with Crippen LogP contribution >= 0.6 is 12.0 Å². The predicted octanol–water partition coefficient (Wildman–Crippen LogP) is 0.128. The van der Waals surface area contributed by atoms with E-state index in [0.29, 0.717) is 17.4 Å². The van der Waals surface area contributed by atoms with Crippen LogP contribution in [0.3, 0.4) is 0 Å². The van der Waals surface area contributed by atoms with E-state index >= 15 is 0 Å². The lowest BCUT2D eigenvalue weighted by atomic mass is 10.0. The summed E-state index contributed by atoms with van der Waals surface area (Å²) in [6.45, 7) is 1.48. The number of rotatable bonds is 7. The molecule has 1 aliphatic heterocycles. The molecule has 0 bridgehead atoms. The highest BCUT2D eigenvalue weighted by Gasteiger charge is 2.48. The number of hydrogen-bond acceptors (Lipinski definition) is 13. The van der Waals surface area contributed by atoms with E-state index in [-0.39, 0.29) is 32.4 Å². The third kappa shape index (κ3) is 4.59. The van der Waals surface area contributed by atoms with Crippen molar-refractivity contribution < 1.29 is 51.2 Å². The Bertz CT molecular complexity index is 1290. The fourth-order valence-electron chi connectivity index (χ4n) is 2.95. The zero-order valence-corrected chi connectivity index (χ0v) is 17.6. The van der Waals surface area contributed by atoms with Crippen molar-refractivity contribution >= 4 is 56.6 Å². The van der Waals surface area contributed by atoms with Crippen molar-refractivity contribution in [2.75, 3.05) is 5.73 Å². The van der Waals surface area contributed by atoms with Crippen LogP contribution in [0.25, 0.3) is 11.0 Å². The minimum Gasteiger partial charge on any atom is -0.422 e. The van der Waals surface area contributed by atoms with Crippen molar-refractivity contribution in [2.24, 2.45) is 0 Å². The van der Waals surface area contributed by atoms with Crippen LogP contribution in [0.4, 0.5) is 5.69 Å². The number of nitrogens with two attached hydrogens (primary N) is 1. The molecule has 1 atom stereocenters. The lowest BCUT2D eigenvalue weighted by Crippen LogP contribution is -2.37. The summed E-state index contributed by atoms with van der Waals surface area (Å²) in [5, 5.41) is 9.98. The van der Waals surface area contributed by atoms with E-state index in [2.05, 4.69) is 14.2 Å². The molecule has 1 unspecified atom stereocenters. The van der Waals surface area contributed by atoms with Crippen molar-refractivity contribution in [1.29, 1.82) is 0 Å². The summed E-state index contributed by atoms with van der Waals surface area (Å²) in [4.78, 5) is 53.3. The molecule has 0 saturated carbocycles. The molecule has 32 heavy (non-hydrogen) atoms. The Balaban J connectivity index is 1.87. The second-order valence-electron chi connectivity index (χ2n) is 6.48. The number of hydrogen-bond donors (Lipinski definition) is 3. The zero-order valence-electron chi connectivity index (χ0n) is 16.0. The number of carbonyl (C=O) groups excluding carboxylic acids is 3. The van der Waals surface area contributed by atoms with Gasteiger partial charge >= 0.3 is 11.6 Å². The van der Waals surface area contributed by atoms with Crippen LogP contribution in [0.1, 0.15) is 17.5 Å². The number of imide groups is 1. The van der Waals surface area contributed by atoms with Crippen molar-refractivity contribution in [3.05, 3.63) is 33.7 Å². The molecule has 1 saturated heterocycles. The summed E-state index contributed by atoms with van der Waals surface area (Å²) in [6.07, 6.45) is -1.63. The van der Waals surface area contributed by atoms with Crippen LogP contribution in [0.5, 0.6) is 0 Å². The van der Waals surface area contributed by atoms with Crippen LogP contribution in [0.15, 0.2) is 26.2 Å². The fourth-order valence-corrected chi connectivity index (χ4v) is 4.08. The third-order valence-electron chi connectivity index (χ3n) is 4.51. The van der Waals surface area contributed by atoms with Crippen LogP contribution in [0, 0.1) is 6.92 Å². The lowest BCUT2D eigenvalue weighted by Gasteiger charge is -2.14. The summed E-state index contributed by atoms with van der Waals surface area (Å²) in [7, 11) is -4.88. The monoisotopic (exact) mass is 490 g/mol. The van der Waals surface area contributed by atoms with Crippen LogP contribution in [-0.2, 0) is 45.1 Å². The first-order valence-electron chi connectivity index (χ1n) is 8.48. The lowest BCUT2D eigenvalue weighted by molar-refractivity contribution is -0.432. The molecule has 0 spiro atoms. The maximum atomic E-state index is 12.3. The van der Waals surface area contributed by atoms with Gasteiger partial charge in [0.2, 0.25) is 0 Å². The summed E-state index contributed by atoms with van der Waals surface area (Å²) < 4.78 is 40.8. The number of fused-ring (bicyclic) bond motifs is 1. The number of carbonyl (C=O) groups is 3. The van der Waals surface area contributed by atoms with Gasteiger partial charge in [0, 0.05) is 11.5 Å². The van der Waals surface area contributed by atoms with Crippen molar-refractivity contribution in [2.45, 2.75) is 29.9 Å². The number of hydroxylamine groups is 2. The van der Waals surface area contributed by atoms with Gasteiger partial charge in [-0.3, -0.25) is 14.1 Å². The molecular weight excluding hydrogens is 476 g/mol. The Morgan fingerprint density at radius 3 is 2.62 bits per heavy atom. The largest absolute Gasteiger partial charge is 0.422 e. The Morgan fingerprint density at radius 1 is 1.34 bits per heavy atom. The molecule has 4 N–H and O–H groups in total. The average molecular weight is 490 g/mol. The Morgan fingerprint density at radius 2 is 2.03 bits per heavy atom. The minimum absolute atomic E-state index is 0.0690. The molecule has 2 amide bonds. The van der Waals surface area contributed by atoms with Gasteiger partial charge in [-0.25, -0.2) is 14.8 Å². The van der Waals surface area contributed by atoms with Crippen molar-refractivity contribution in [3.63, 3.8) is 0 Å². The molecule has 1 fully saturated rings. The summed E-state index contributed by atoms with van der Waals surface area (Å²) in [6, 6.07) is 2.75. The van der Waals surface area contributed by atoms with Crippen molar-refractivity contribution in [3.8, 4) is 0 Å². The maximum absolute atomic E-state index is 12.3. The van der Waals surface area contributed by atoms with Gasteiger partial charge in [-0.1, -0.05) is 5.04 Å². The minimum atomic E-state index is -4.88. The smallest absolute Gasteiger partial charge is 0.340 e. The molecule has 2 aromatic rings. The number of aryl methyl sites for hydroxylation is 1. The first-order valence-corrected chi connectivity index (χ1v) is 10.7. The summed E-state index contributed by atoms with van der Waals surface area (Å²) in [5.74, 6) is -3.83. The van der Waals surface area contributed by atoms with Crippen LogP contribution in [-0.4, -0.2) is 46.3 Å². The summed E-state index contributed by atoms with van der Waals surface area (Å²) in [5.41, 5.74) is 5.20. The third-order valence-corrected chi connectivity index (χ3v) is 6.26. The number of nitrogens with zero attached hydrogens (tertiary/aromatic N) is 1.